The van der Waals surface area contributed by atoms with Crippen LogP contribution in [0.15, 0.2) is 23.3 Å². The monoisotopic (exact) mass is 444 g/mol. The minimum absolute atomic E-state index is 0.314. The van der Waals surface area contributed by atoms with Crippen LogP contribution < -0.4 is 15.5 Å². The zero-order valence-corrected chi connectivity index (χ0v) is 20.5. The number of aromatic nitrogens is 1. The summed E-state index contributed by atoms with van der Waals surface area (Å²) in [5.41, 5.74) is 1.22. The normalized spacial score (nSPS) is 19.2. The van der Waals surface area contributed by atoms with E-state index in [2.05, 4.69) is 58.3 Å². The number of nitrogens with one attached hydrogen (secondary N) is 2. The molecular formula is C25H44N6O. The maximum atomic E-state index is 5.70. The second-order valence-electron chi connectivity index (χ2n) is 9.30. The molecule has 0 amide bonds. The molecule has 180 valence electrons. The molecule has 7 nitrogen and oxygen atoms in total. The molecule has 7 heteroatoms. The lowest BCUT2D eigenvalue weighted by Crippen LogP contribution is -2.49. The molecule has 3 rings (SSSR count). The van der Waals surface area contributed by atoms with Gasteiger partial charge in [-0.05, 0) is 64.2 Å². The van der Waals surface area contributed by atoms with Crippen molar-refractivity contribution in [3.8, 4) is 0 Å². The maximum Gasteiger partial charge on any atom is 0.191 e. The molecule has 2 fully saturated rings. The lowest BCUT2D eigenvalue weighted by atomic mass is 10.1. The van der Waals surface area contributed by atoms with Crippen LogP contribution in [0, 0.1) is 0 Å². The van der Waals surface area contributed by atoms with Gasteiger partial charge in [0.2, 0.25) is 0 Å². The summed E-state index contributed by atoms with van der Waals surface area (Å²) < 4.78 is 5.70. The van der Waals surface area contributed by atoms with Gasteiger partial charge in [-0.25, -0.2) is 9.98 Å². The smallest absolute Gasteiger partial charge is 0.191 e. The number of hydrogen-bond acceptors (Lipinski definition) is 5. The molecule has 0 aromatic carbocycles. The van der Waals surface area contributed by atoms with Crippen molar-refractivity contribution in [2.24, 2.45) is 4.99 Å². The van der Waals surface area contributed by atoms with Crippen LogP contribution in [0.5, 0.6) is 0 Å². The summed E-state index contributed by atoms with van der Waals surface area (Å²) in [7, 11) is 0. The molecule has 0 saturated carbocycles. The number of ether oxygens (including phenoxy) is 1. The molecule has 0 spiro atoms. The van der Waals surface area contributed by atoms with Gasteiger partial charge in [-0.2, -0.15) is 0 Å². The number of pyridine rings is 1. The van der Waals surface area contributed by atoms with Crippen LogP contribution >= 0.6 is 0 Å². The summed E-state index contributed by atoms with van der Waals surface area (Å²) in [6, 6.07) is 4.78. The van der Waals surface area contributed by atoms with Gasteiger partial charge in [-0.1, -0.05) is 12.8 Å². The van der Waals surface area contributed by atoms with Crippen molar-refractivity contribution in [3.05, 3.63) is 23.9 Å². The third kappa shape index (κ3) is 8.58. The summed E-state index contributed by atoms with van der Waals surface area (Å²) in [5.74, 6) is 2.02. The van der Waals surface area contributed by atoms with Crippen molar-refractivity contribution in [2.45, 2.75) is 78.0 Å². The molecule has 1 aromatic heterocycles. The van der Waals surface area contributed by atoms with Gasteiger partial charge < -0.3 is 25.2 Å². The van der Waals surface area contributed by atoms with E-state index in [1.165, 1.54) is 31.2 Å². The number of hydrogen-bond donors (Lipinski definition) is 2. The Labute approximate surface area is 195 Å². The Hall–Kier alpha value is -1.86. The van der Waals surface area contributed by atoms with E-state index in [0.717, 1.165) is 70.5 Å². The van der Waals surface area contributed by atoms with E-state index in [0.29, 0.717) is 18.7 Å². The molecule has 2 N–H and O–H groups in total. The van der Waals surface area contributed by atoms with Crippen LogP contribution in [0.3, 0.4) is 0 Å². The zero-order chi connectivity index (χ0) is 22.6. The highest BCUT2D eigenvalue weighted by molar-refractivity contribution is 5.80. The van der Waals surface area contributed by atoms with Crippen molar-refractivity contribution < 1.29 is 4.74 Å². The predicted octanol–water partition coefficient (Wildman–Crippen LogP) is 3.41. The average Bonchev–Trinajstić information content (AvgIpc) is 3.08. The second-order valence-corrected chi connectivity index (χ2v) is 9.30. The first kappa shape index (κ1) is 24.8. The molecule has 32 heavy (non-hydrogen) atoms. The Morgan fingerprint density at radius 3 is 2.59 bits per heavy atom. The van der Waals surface area contributed by atoms with E-state index < -0.39 is 0 Å². The fourth-order valence-corrected chi connectivity index (χ4v) is 4.43. The van der Waals surface area contributed by atoms with Crippen LogP contribution in [0.4, 0.5) is 5.82 Å². The lowest BCUT2D eigenvalue weighted by Gasteiger charge is -2.33. The fraction of sp³-hybridized carbons (Fsp3) is 0.760. The van der Waals surface area contributed by atoms with Gasteiger partial charge in [-0.3, -0.25) is 0 Å². The van der Waals surface area contributed by atoms with Crippen molar-refractivity contribution in [1.82, 2.24) is 20.5 Å². The summed E-state index contributed by atoms with van der Waals surface area (Å²) in [6.45, 7) is 14.2. The van der Waals surface area contributed by atoms with E-state index >= 15 is 0 Å². The van der Waals surface area contributed by atoms with E-state index in [4.69, 9.17) is 9.73 Å². The third-order valence-corrected chi connectivity index (χ3v) is 6.29. The van der Waals surface area contributed by atoms with Crippen molar-refractivity contribution >= 4 is 11.8 Å². The van der Waals surface area contributed by atoms with Crippen LogP contribution in [0.25, 0.3) is 0 Å². The minimum Gasteiger partial charge on any atom is -0.377 e. The molecule has 0 atom stereocenters. The Bertz CT molecular complexity index is 679. The van der Waals surface area contributed by atoms with Crippen molar-refractivity contribution in [1.29, 1.82) is 0 Å². The van der Waals surface area contributed by atoms with E-state index in [1.807, 2.05) is 6.20 Å². The van der Waals surface area contributed by atoms with E-state index in [1.54, 1.807) is 0 Å². The summed E-state index contributed by atoms with van der Waals surface area (Å²) in [4.78, 5) is 14.5. The van der Waals surface area contributed by atoms with Crippen LogP contribution in [-0.2, 0) is 11.3 Å². The average molecular weight is 445 g/mol. The number of nitrogens with zero attached hydrogens (tertiary/aromatic N) is 4. The number of likely N-dealkylation sites (tertiary alicyclic amines) is 1. The van der Waals surface area contributed by atoms with Gasteiger partial charge in [0.25, 0.3) is 0 Å². The highest BCUT2D eigenvalue weighted by Gasteiger charge is 2.20. The predicted molar refractivity (Wildman–Crippen MR) is 133 cm³/mol. The largest absolute Gasteiger partial charge is 0.377 e. The fourth-order valence-electron chi connectivity index (χ4n) is 4.43. The van der Waals surface area contributed by atoms with Gasteiger partial charge >= 0.3 is 0 Å². The quantitative estimate of drug-likeness (QED) is 0.450. The first-order chi connectivity index (χ1) is 15.6. The number of piperidine rings is 1. The summed E-state index contributed by atoms with van der Waals surface area (Å²) in [5, 5.41) is 7.09. The van der Waals surface area contributed by atoms with Gasteiger partial charge in [0, 0.05) is 51.5 Å². The summed E-state index contributed by atoms with van der Waals surface area (Å²) in [6.07, 6.45) is 9.73. The van der Waals surface area contributed by atoms with Crippen molar-refractivity contribution in [3.63, 3.8) is 0 Å². The molecule has 2 aliphatic heterocycles. The molecular weight excluding hydrogens is 400 g/mol. The second kappa shape index (κ2) is 13.6. The molecule has 0 unspecified atom stereocenters. The Balaban J connectivity index is 1.49. The highest BCUT2D eigenvalue weighted by atomic mass is 16.5. The van der Waals surface area contributed by atoms with Gasteiger partial charge in [0.15, 0.2) is 5.96 Å². The lowest BCUT2D eigenvalue weighted by molar-refractivity contribution is 0.0532. The number of anilines is 1. The SMILES string of the molecule is CCNC(=NCc1ccnc(N2CCCCCC2)c1)NC1CCN(CCOC(C)C)CC1. The van der Waals surface area contributed by atoms with Gasteiger partial charge in [0.1, 0.15) is 5.82 Å². The first-order valence-corrected chi connectivity index (χ1v) is 12.7. The highest BCUT2D eigenvalue weighted by Crippen LogP contribution is 2.18. The molecule has 2 aliphatic rings. The Morgan fingerprint density at radius 2 is 1.91 bits per heavy atom. The van der Waals surface area contributed by atoms with Crippen LogP contribution in [0.1, 0.15) is 64.9 Å². The molecule has 2 saturated heterocycles. The van der Waals surface area contributed by atoms with Gasteiger partial charge in [-0.15, -0.1) is 0 Å². The Morgan fingerprint density at radius 1 is 1.16 bits per heavy atom. The van der Waals surface area contributed by atoms with E-state index in [-0.39, 0.29) is 0 Å². The minimum atomic E-state index is 0.314. The molecule has 0 aliphatic carbocycles. The Kier molecular flexibility index (Phi) is 10.6. The summed E-state index contributed by atoms with van der Waals surface area (Å²) >= 11 is 0. The number of guanidine groups is 1. The van der Waals surface area contributed by atoms with Crippen LogP contribution in [-0.4, -0.2) is 73.9 Å². The molecule has 3 heterocycles. The van der Waals surface area contributed by atoms with Gasteiger partial charge in [0.05, 0.1) is 19.3 Å². The first-order valence-electron chi connectivity index (χ1n) is 12.7. The topological polar surface area (TPSA) is 65.0 Å². The molecule has 0 radical (unpaired) electrons. The van der Waals surface area contributed by atoms with E-state index in [9.17, 15) is 0 Å². The van der Waals surface area contributed by atoms with Crippen molar-refractivity contribution in [2.75, 3.05) is 50.8 Å². The number of rotatable bonds is 9. The number of aliphatic imine (C=N–C) groups is 1. The zero-order valence-electron chi connectivity index (χ0n) is 20.5. The molecule has 1 aromatic rings. The third-order valence-electron chi connectivity index (χ3n) is 6.29. The maximum absolute atomic E-state index is 5.70. The molecule has 0 bridgehead atoms. The standard InChI is InChI=1S/C25H44N6O/c1-4-26-25(29-23-10-15-30(16-11-23)17-18-32-21(2)3)28-20-22-9-12-27-24(19-22)31-13-7-5-6-8-14-31/h9,12,19,21,23H,4-8,10-11,13-18,20H2,1-3H3,(H2,26,28,29). The van der Waals surface area contributed by atoms with Crippen LogP contribution in [0.2, 0.25) is 0 Å².